The molecule has 5 rings (SSSR count). The molecule has 4 aromatic rings. The minimum absolute atomic E-state index is 0.113. The molecule has 0 bridgehead atoms. The summed E-state index contributed by atoms with van der Waals surface area (Å²) >= 11 is 0. The van der Waals surface area contributed by atoms with Gasteiger partial charge in [0.2, 0.25) is 0 Å². The summed E-state index contributed by atoms with van der Waals surface area (Å²) < 4.78 is 16.2. The van der Waals surface area contributed by atoms with Gasteiger partial charge in [-0.25, -0.2) is 19.4 Å². The van der Waals surface area contributed by atoms with Gasteiger partial charge in [-0.1, -0.05) is 30.3 Å². The van der Waals surface area contributed by atoms with Crippen LogP contribution in [0, 0.1) is 6.92 Å². The summed E-state index contributed by atoms with van der Waals surface area (Å²) in [5, 5.41) is 10.3. The lowest BCUT2D eigenvalue weighted by atomic mass is 9.86. The van der Waals surface area contributed by atoms with Crippen molar-refractivity contribution in [2.75, 3.05) is 13.2 Å². The number of carbonyl (C=O) groups excluding carboxylic acids is 3. The molecule has 0 atom stereocenters. The Hall–Kier alpha value is -4.92. The number of phenols is 1. The number of ether oxygens (including phenoxy) is 3. The number of benzene rings is 2. The van der Waals surface area contributed by atoms with E-state index in [-0.39, 0.29) is 42.5 Å². The number of fused-ring (bicyclic) bond motifs is 2. The molecule has 0 radical (unpaired) electrons. The lowest BCUT2D eigenvalue weighted by Crippen LogP contribution is -2.16. The first-order valence-corrected chi connectivity index (χ1v) is 14.0. The second-order valence-electron chi connectivity index (χ2n) is 9.94. The summed E-state index contributed by atoms with van der Waals surface area (Å²) in [4.78, 5) is 47.0. The number of nitrogens with zero attached hydrogens (tertiary/aromatic N) is 1. The van der Waals surface area contributed by atoms with Gasteiger partial charge in [-0.2, -0.15) is 0 Å². The number of esters is 3. The maximum atomic E-state index is 13.8. The first-order chi connectivity index (χ1) is 20.3. The molecule has 0 saturated heterocycles. The molecule has 0 fully saturated rings. The number of hydrogen-bond acceptors (Lipinski definition) is 8. The standard InChI is InChI=1S/C33H32N2O7/c1-4-40-31(37)27-19(3)29(33(39)41-5-2)35-26(27)18-42-32(38)28-23-10-6-7-12-25(23)34-30-21(9-8-11-24(28)30)17-20-13-15-22(36)16-14-20/h6-7,10,12-17,35-36H,4-5,8-9,11,18H2,1-3H3/b21-17-. The number of aromatic amines is 1. The number of pyridine rings is 1. The molecule has 0 spiro atoms. The molecule has 1 aliphatic rings. The van der Waals surface area contributed by atoms with E-state index in [2.05, 4.69) is 4.98 Å². The minimum atomic E-state index is -0.622. The van der Waals surface area contributed by atoms with Crippen molar-refractivity contribution in [1.29, 1.82) is 0 Å². The van der Waals surface area contributed by atoms with Gasteiger partial charge in [-0.3, -0.25) is 0 Å². The van der Waals surface area contributed by atoms with Crippen LogP contribution in [0.15, 0.2) is 48.5 Å². The second kappa shape index (κ2) is 12.3. The number of aromatic hydroxyl groups is 1. The van der Waals surface area contributed by atoms with Gasteiger partial charge in [0.15, 0.2) is 0 Å². The van der Waals surface area contributed by atoms with Crippen LogP contribution in [0.5, 0.6) is 5.75 Å². The molecular formula is C33H32N2O7. The van der Waals surface area contributed by atoms with Crippen LogP contribution >= 0.6 is 0 Å². The van der Waals surface area contributed by atoms with Gasteiger partial charge in [0, 0.05) is 5.39 Å². The van der Waals surface area contributed by atoms with Crippen molar-refractivity contribution in [3.63, 3.8) is 0 Å². The van der Waals surface area contributed by atoms with E-state index in [1.54, 1.807) is 32.9 Å². The van der Waals surface area contributed by atoms with Gasteiger partial charge in [0.05, 0.1) is 41.2 Å². The highest BCUT2D eigenvalue weighted by molar-refractivity contribution is 6.07. The van der Waals surface area contributed by atoms with Gasteiger partial charge in [0.1, 0.15) is 18.1 Å². The Labute approximate surface area is 243 Å². The van der Waals surface area contributed by atoms with E-state index in [0.717, 1.165) is 35.2 Å². The SMILES string of the molecule is CCOC(=O)c1[nH]c(COC(=O)c2c3c(nc4ccccc24)/C(=C\c2ccc(O)cc2)CCC3)c(C(=O)OCC)c1C. The molecular weight excluding hydrogens is 536 g/mol. The highest BCUT2D eigenvalue weighted by atomic mass is 16.5. The number of aromatic nitrogens is 2. The predicted octanol–water partition coefficient (Wildman–Crippen LogP) is 6.16. The number of nitrogens with one attached hydrogen (secondary N) is 1. The number of hydrogen-bond donors (Lipinski definition) is 2. The van der Waals surface area contributed by atoms with Crippen molar-refractivity contribution in [2.24, 2.45) is 0 Å². The van der Waals surface area contributed by atoms with Crippen LogP contribution in [0.4, 0.5) is 0 Å². The molecule has 216 valence electrons. The van der Waals surface area contributed by atoms with Crippen molar-refractivity contribution in [1.82, 2.24) is 9.97 Å². The molecule has 9 heteroatoms. The lowest BCUT2D eigenvalue weighted by molar-refractivity contribution is 0.0446. The average molecular weight is 569 g/mol. The Kier molecular flexibility index (Phi) is 8.38. The van der Waals surface area contributed by atoms with Gasteiger partial charge in [-0.05, 0) is 86.6 Å². The highest BCUT2D eigenvalue weighted by Gasteiger charge is 2.29. The molecule has 2 aromatic carbocycles. The topological polar surface area (TPSA) is 128 Å². The van der Waals surface area contributed by atoms with E-state index < -0.39 is 17.9 Å². The van der Waals surface area contributed by atoms with Gasteiger partial charge in [-0.15, -0.1) is 0 Å². The first kappa shape index (κ1) is 28.6. The second-order valence-corrected chi connectivity index (χ2v) is 9.94. The van der Waals surface area contributed by atoms with Crippen LogP contribution in [-0.4, -0.2) is 46.2 Å². The molecule has 42 heavy (non-hydrogen) atoms. The summed E-state index contributed by atoms with van der Waals surface area (Å²) in [6.45, 7) is 5.03. The monoisotopic (exact) mass is 568 g/mol. The fraction of sp³-hybridized carbons (Fsp3) is 0.273. The molecule has 9 nitrogen and oxygen atoms in total. The fourth-order valence-electron chi connectivity index (χ4n) is 5.34. The van der Waals surface area contributed by atoms with Crippen molar-refractivity contribution in [3.05, 3.63) is 93.4 Å². The molecule has 0 unspecified atom stereocenters. The number of phenolic OH excluding ortho intramolecular Hbond substituents is 1. The lowest BCUT2D eigenvalue weighted by Gasteiger charge is -2.22. The third-order valence-electron chi connectivity index (χ3n) is 7.24. The van der Waals surface area contributed by atoms with Crippen LogP contribution in [0.3, 0.4) is 0 Å². The summed E-state index contributed by atoms with van der Waals surface area (Å²) in [6, 6.07) is 14.3. The Bertz CT molecular complexity index is 1700. The van der Waals surface area contributed by atoms with Crippen LogP contribution in [-0.2, 0) is 27.2 Å². The normalized spacial score (nSPS) is 13.5. The number of rotatable bonds is 8. The number of para-hydroxylation sites is 1. The fourth-order valence-corrected chi connectivity index (χ4v) is 5.34. The highest BCUT2D eigenvalue weighted by Crippen LogP contribution is 2.37. The molecule has 2 heterocycles. The molecule has 2 aromatic heterocycles. The van der Waals surface area contributed by atoms with Crippen molar-refractivity contribution < 1.29 is 33.7 Å². The Morgan fingerprint density at radius 2 is 1.60 bits per heavy atom. The Morgan fingerprint density at radius 3 is 2.33 bits per heavy atom. The summed E-state index contributed by atoms with van der Waals surface area (Å²) in [5.41, 5.74) is 5.42. The maximum Gasteiger partial charge on any atom is 0.355 e. The van der Waals surface area contributed by atoms with E-state index in [0.29, 0.717) is 28.5 Å². The maximum absolute atomic E-state index is 13.8. The van der Waals surface area contributed by atoms with Crippen molar-refractivity contribution in [3.8, 4) is 5.75 Å². The molecule has 0 aliphatic heterocycles. The number of H-pyrrole nitrogens is 1. The van der Waals surface area contributed by atoms with Gasteiger partial charge in [0.25, 0.3) is 0 Å². The zero-order chi connectivity index (χ0) is 29.8. The number of carbonyl (C=O) groups is 3. The van der Waals surface area contributed by atoms with Crippen molar-refractivity contribution in [2.45, 2.75) is 46.6 Å². The van der Waals surface area contributed by atoms with E-state index >= 15 is 0 Å². The first-order valence-electron chi connectivity index (χ1n) is 14.0. The predicted molar refractivity (Wildman–Crippen MR) is 157 cm³/mol. The third-order valence-corrected chi connectivity index (χ3v) is 7.24. The van der Waals surface area contributed by atoms with Crippen LogP contribution in [0.1, 0.15) is 86.0 Å². The zero-order valence-corrected chi connectivity index (χ0v) is 23.8. The zero-order valence-electron chi connectivity index (χ0n) is 23.8. The summed E-state index contributed by atoms with van der Waals surface area (Å²) in [7, 11) is 0. The largest absolute Gasteiger partial charge is 0.508 e. The van der Waals surface area contributed by atoms with Gasteiger partial charge >= 0.3 is 17.9 Å². The molecule has 0 amide bonds. The van der Waals surface area contributed by atoms with E-state index in [9.17, 15) is 19.5 Å². The number of allylic oxidation sites excluding steroid dienone is 1. The minimum Gasteiger partial charge on any atom is -0.508 e. The van der Waals surface area contributed by atoms with Gasteiger partial charge < -0.3 is 24.3 Å². The quantitative estimate of drug-likeness (QED) is 0.191. The summed E-state index contributed by atoms with van der Waals surface area (Å²) in [5.74, 6) is -1.60. The van der Waals surface area contributed by atoms with Crippen LogP contribution in [0.25, 0.3) is 22.6 Å². The van der Waals surface area contributed by atoms with Crippen molar-refractivity contribution >= 4 is 40.5 Å². The molecule has 1 aliphatic carbocycles. The van der Waals surface area contributed by atoms with E-state index in [4.69, 9.17) is 19.2 Å². The smallest absolute Gasteiger partial charge is 0.355 e. The van der Waals surface area contributed by atoms with Crippen LogP contribution in [0.2, 0.25) is 0 Å². The van der Waals surface area contributed by atoms with E-state index in [1.165, 1.54) is 0 Å². The molecule has 2 N–H and O–H groups in total. The Morgan fingerprint density at radius 1 is 0.905 bits per heavy atom. The summed E-state index contributed by atoms with van der Waals surface area (Å²) in [6.07, 6.45) is 4.28. The van der Waals surface area contributed by atoms with Crippen LogP contribution < -0.4 is 0 Å². The average Bonchev–Trinajstić information content (AvgIpc) is 3.32. The van der Waals surface area contributed by atoms with E-state index in [1.807, 2.05) is 42.5 Å². The third kappa shape index (κ3) is 5.63. The Balaban J connectivity index is 1.53. The molecule has 0 saturated carbocycles.